The smallest absolute Gasteiger partial charge is 0.356 e. The molecule has 0 aliphatic carbocycles. The summed E-state index contributed by atoms with van der Waals surface area (Å²) in [6.45, 7) is -0.190. The summed E-state index contributed by atoms with van der Waals surface area (Å²) >= 11 is 6.27. The number of esters is 1. The SMILES string of the molecule is COc1ccc(-c2noc(COC(=O)c3[nH]c4ccccc4c3Cl)n2)cc1OC. The molecule has 9 heteroatoms. The second-order valence-electron chi connectivity index (χ2n) is 6.02. The molecule has 2 aromatic carbocycles. The van der Waals surface area contributed by atoms with E-state index < -0.39 is 5.97 Å². The number of nitrogens with one attached hydrogen (secondary N) is 1. The summed E-state index contributed by atoms with van der Waals surface area (Å²) in [7, 11) is 3.09. The van der Waals surface area contributed by atoms with E-state index in [0.717, 1.165) is 10.9 Å². The van der Waals surface area contributed by atoms with Crippen LogP contribution in [0.5, 0.6) is 11.5 Å². The average molecular weight is 414 g/mol. The van der Waals surface area contributed by atoms with Crippen LogP contribution in [0.2, 0.25) is 5.02 Å². The maximum Gasteiger partial charge on any atom is 0.356 e. The maximum absolute atomic E-state index is 12.4. The largest absolute Gasteiger partial charge is 0.493 e. The van der Waals surface area contributed by atoms with E-state index >= 15 is 0 Å². The van der Waals surface area contributed by atoms with Gasteiger partial charge < -0.3 is 23.7 Å². The van der Waals surface area contributed by atoms with Crippen LogP contribution in [0.3, 0.4) is 0 Å². The van der Waals surface area contributed by atoms with Gasteiger partial charge in [0.2, 0.25) is 5.82 Å². The fourth-order valence-corrected chi connectivity index (χ4v) is 3.14. The Morgan fingerprint density at radius 2 is 1.93 bits per heavy atom. The first-order valence-corrected chi connectivity index (χ1v) is 8.97. The Hall–Kier alpha value is -3.52. The molecule has 2 heterocycles. The van der Waals surface area contributed by atoms with E-state index in [1.165, 1.54) is 7.11 Å². The zero-order chi connectivity index (χ0) is 20.4. The lowest BCUT2D eigenvalue weighted by molar-refractivity contribution is 0.0424. The zero-order valence-electron chi connectivity index (χ0n) is 15.6. The predicted molar refractivity (Wildman–Crippen MR) is 105 cm³/mol. The van der Waals surface area contributed by atoms with Crippen LogP contribution in [-0.4, -0.2) is 35.3 Å². The molecule has 0 amide bonds. The van der Waals surface area contributed by atoms with Crippen LogP contribution in [0, 0.1) is 0 Å². The van der Waals surface area contributed by atoms with Gasteiger partial charge in [0.15, 0.2) is 18.1 Å². The molecule has 1 N–H and O–H groups in total. The summed E-state index contributed by atoms with van der Waals surface area (Å²) < 4.78 is 20.9. The molecular weight excluding hydrogens is 398 g/mol. The van der Waals surface area contributed by atoms with Crippen molar-refractivity contribution in [2.24, 2.45) is 0 Å². The number of H-pyrrole nitrogens is 1. The van der Waals surface area contributed by atoms with Gasteiger partial charge in [0.1, 0.15) is 5.69 Å². The molecule has 4 rings (SSSR count). The first-order chi connectivity index (χ1) is 14.1. The number of carbonyl (C=O) groups excluding carboxylic acids is 1. The molecular formula is C20H16ClN3O5. The minimum Gasteiger partial charge on any atom is -0.493 e. The highest BCUT2D eigenvalue weighted by Crippen LogP contribution is 2.31. The number of rotatable bonds is 6. The normalized spacial score (nSPS) is 10.9. The molecule has 148 valence electrons. The standard InChI is InChI=1S/C20H16ClN3O5/c1-26-14-8-7-11(9-15(14)27-2)19-23-16(29-24-19)10-28-20(25)18-17(21)12-5-3-4-6-13(12)22-18/h3-9,22H,10H2,1-2H3. The van der Waals surface area contributed by atoms with Gasteiger partial charge in [0, 0.05) is 16.5 Å². The first kappa shape index (κ1) is 18.8. The summed E-state index contributed by atoms with van der Waals surface area (Å²) in [5.41, 5.74) is 1.59. The number of benzene rings is 2. The van der Waals surface area contributed by atoms with Crippen molar-refractivity contribution in [3.05, 3.63) is 59.1 Å². The van der Waals surface area contributed by atoms with E-state index in [4.69, 9.17) is 30.3 Å². The number of methoxy groups -OCH3 is 2. The summed E-state index contributed by atoms with van der Waals surface area (Å²) in [4.78, 5) is 19.6. The highest BCUT2D eigenvalue weighted by molar-refractivity contribution is 6.38. The molecule has 0 radical (unpaired) electrons. The molecule has 0 aliphatic rings. The Labute approximate surface area is 170 Å². The quantitative estimate of drug-likeness (QED) is 0.472. The van der Waals surface area contributed by atoms with Gasteiger partial charge in [-0.05, 0) is 24.3 Å². The first-order valence-electron chi connectivity index (χ1n) is 8.59. The third-order valence-corrected chi connectivity index (χ3v) is 4.68. The highest BCUT2D eigenvalue weighted by atomic mass is 35.5. The van der Waals surface area contributed by atoms with Crippen molar-refractivity contribution in [3.63, 3.8) is 0 Å². The fourth-order valence-electron chi connectivity index (χ4n) is 2.85. The van der Waals surface area contributed by atoms with Crippen molar-refractivity contribution in [1.82, 2.24) is 15.1 Å². The fraction of sp³-hybridized carbons (Fsp3) is 0.150. The average Bonchev–Trinajstić information content (AvgIpc) is 3.36. The summed E-state index contributed by atoms with van der Waals surface area (Å²) in [5.74, 6) is 0.994. The third-order valence-electron chi connectivity index (χ3n) is 4.28. The minimum absolute atomic E-state index is 0.148. The molecule has 4 aromatic rings. The number of nitrogens with zero attached hydrogens (tertiary/aromatic N) is 2. The summed E-state index contributed by atoms with van der Waals surface area (Å²) in [6, 6.07) is 12.6. The number of aromatic nitrogens is 3. The van der Waals surface area contributed by atoms with Crippen LogP contribution in [0.25, 0.3) is 22.3 Å². The van der Waals surface area contributed by atoms with E-state index in [1.807, 2.05) is 24.3 Å². The van der Waals surface area contributed by atoms with Crippen molar-refractivity contribution < 1.29 is 23.5 Å². The highest BCUT2D eigenvalue weighted by Gasteiger charge is 2.19. The Balaban J connectivity index is 1.48. The molecule has 0 atom stereocenters. The van der Waals surface area contributed by atoms with Gasteiger partial charge in [0.25, 0.3) is 5.89 Å². The lowest BCUT2D eigenvalue weighted by atomic mass is 10.2. The molecule has 2 aromatic heterocycles. The number of carbonyl (C=O) groups is 1. The van der Waals surface area contributed by atoms with Crippen LogP contribution in [0.4, 0.5) is 0 Å². The lowest BCUT2D eigenvalue weighted by Gasteiger charge is -2.07. The number of para-hydroxylation sites is 1. The van der Waals surface area contributed by atoms with Crippen LogP contribution in [-0.2, 0) is 11.3 Å². The number of hydrogen-bond donors (Lipinski definition) is 1. The Morgan fingerprint density at radius 3 is 2.69 bits per heavy atom. The number of hydrogen-bond acceptors (Lipinski definition) is 7. The molecule has 0 spiro atoms. The topological polar surface area (TPSA) is 99.5 Å². The van der Waals surface area contributed by atoms with Gasteiger partial charge in [-0.25, -0.2) is 4.79 Å². The molecule has 0 saturated heterocycles. The monoisotopic (exact) mass is 413 g/mol. The molecule has 0 fully saturated rings. The van der Waals surface area contributed by atoms with E-state index in [-0.39, 0.29) is 18.2 Å². The number of fused-ring (bicyclic) bond motifs is 1. The predicted octanol–water partition coefficient (Wildman–Crippen LogP) is 4.25. The Morgan fingerprint density at radius 1 is 1.14 bits per heavy atom. The van der Waals surface area contributed by atoms with E-state index in [9.17, 15) is 4.79 Å². The van der Waals surface area contributed by atoms with E-state index in [1.54, 1.807) is 25.3 Å². The van der Waals surface area contributed by atoms with Gasteiger partial charge in [-0.1, -0.05) is 35.0 Å². The number of ether oxygens (including phenoxy) is 3. The van der Waals surface area contributed by atoms with Crippen LogP contribution >= 0.6 is 11.6 Å². The second kappa shape index (κ2) is 7.84. The molecule has 8 nitrogen and oxygen atoms in total. The minimum atomic E-state index is -0.614. The molecule has 29 heavy (non-hydrogen) atoms. The van der Waals surface area contributed by atoms with Crippen molar-refractivity contribution in [2.75, 3.05) is 14.2 Å². The van der Waals surface area contributed by atoms with Gasteiger partial charge in [-0.3, -0.25) is 0 Å². The van der Waals surface area contributed by atoms with Gasteiger partial charge >= 0.3 is 5.97 Å². The second-order valence-corrected chi connectivity index (χ2v) is 6.40. The third kappa shape index (κ3) is 3.62. The Kier molecular flexibility index (Phi) is 5.09. The lowest BCUT2D eigenvalue weighted by Crippen LogP contribution is -2.06. The van der Waals surface area contributed by atoms with Gasteiger partial charge in [-0.15, -0.1) is 0 Å². The van der Waals surface area contributed by atoms with Crippen LogP contribution in [0.15, 0.2) is 47.0 Å². The van der Waals surface area contributed by atoms with Crippen LogP contribution < -0.4 is 9.47 Å². The maximum atomic E-state index is 12.4. The molecule has 0 unspecified atom stereocenters. The van der Waals surface area contributed by atoms with Crippen molar-refractivity contribution >= 4 is 28.5 Å². The summed E-state index contributed by atoms with van der Waals surface area (Å²) in [5, 5.41) is 4.97. The zero-order valence-corrected chi connectivity index (χ0v) is 16.3. The number of halogens is 1. The van der Waals surface area contributed by atoms with Gasteiger partial charge in [0.05, 0.1) is 19.2 Å². The van der Waals surface area contributed by atoms with Crippen molar-refractivity contribution in [1.29, 1.82) is 0 Å². The molecule has 0 bridgehead atoms. The van der Waals surface area contributed by atoms with Crippen molar-refractivity contribution in [3.8, 4) is 22.9 Å². The van der Waals surface area contributed by atoms with Gasteiger partial charge in [-0.2, -0.15) is 4.98 Å². The molecule has 0 aliphatic heterocycles. The van der Waals surface area contributed by atoms with Crippen LogP contribution in [0.1, 0.15) is 16.4 Å². The Bertz CT molecular complexity index is 1180. The molecule has 0 saturated carbocycles. The summed E-state index contributed by atoms with van der Waals surface area (Å²) in [6.07, 6.45) is 0. The van der Waals surface area contributed by atoms with E-state index in [0.29, 0.717) is 27.9 Å². The van der Waals surface area contributed by atoms with Crippen molar-refractivity contribution in [2.45, 2.75) is 6.61 Å². The number of aromatic amines is 1. The van der Waals surface area contributed by atoms with E-state index in [2.05, 4.69) is 15.1 Å².